The highest BCUT2D eigenvalue weighted by Crippen LogP contribution is 2.26. The van der Waals surface area contributed by atoms with Crippen LogP contribution in [0.25, 0.3) is 0 Å². The summed E-state index contributed by atoms with van der Waals surface area (Å²) in [5.74, 6) is -0.258. The first-order chi connectivity index (χ1) is 36.0. The molecule has 0 aliphatic carbocycles. The molecule has 74 heavy (non-hydrogen) atoms. The summed E-state index contributed by atoms with van der Waals surface area (Å²) in [5, 5.41) is 45.0. The number of carbonyl (C=O) groups is 1. The van der Waals surface area contributed by atoms with Crippen molar-refractivity contribution in [1.82, 2.24) is 5.32 Å². The maximum absolute atomic E-state index is 13.2. The third kappa shape index (κ3) is 42.6. The van der Waals surface area contributed by atoms with Gasteiger partial charge in [0.2, 0.25) is 5.91 Å². The van der Waals surface area contributed by atoms with Gasteiger partial charge in [-0.05, 0) is 44.9 Å². The van der Waals surface area contributed by atoms with Gasteiger partial charge >= 0.3 is 10.4 Å². The fourth-order valence-corrected chi connectivity index (χ4v) is 10.7. The minimum atomic E-state index is -5.09. The van der Waals surface area contributed by atoms with Gasteiger partial charge in [0.15, 0.2) is 6.29 Å². The lowest BCUT2D eigenvalue weighted by molar-refractivity contribution is -0.298. The molecule has 13 heteroatoms. The second-order valence-electron chi connectivity index (χ2n) is 22.0. The van der Waals surface area contributed by atoms with Crippen LogP contribution >= 0.6 is 0 Å². The zero-order chi connectivity index (χ0) is 54.0. The Bertz CT molecular complexity index is 1400. The Morgan fingerprint density at radius 1 is 0.527 bits per heavy atom. The zero-order valence-electron chi connectivity index (χ0n) is 47.7. The summed E-state index contributed by atoms with van der Waals surface area (Å²) in [7, 11) is -5.09. The minimum absolute atomic E-state index is 0.258. The van der Waals surface area contributed by atoms with Gasteiger partial charge in [-0.3, -0.25) is 9.35 Å². The van der Waals surface area contributed by atoms with Gasteiger partial charge in [-0.1, -0.05) is 276 Å². The molecule has 0 saturated carbocycles. The molecule has 7 atom stereocenters. The number of carbonyl (C=O) groups excluding carboxylic acids is 1. The minimum Gasteiger partial charge on any atom is -0.394 e. The lowest BCUT2D eigenvalue weighted by atomic mass is 9.99. The third-order valence-electron chi connectivity index (χ3n) is 15.0. The van der Waals surface area contributed by atoms with Gasteiger partial charge in [0.05, 0.1) is 25.4 Å². The van der Waals surface area contributed by atoms with Crippen LogP contribution in [0, 0.1) is 0 Å². The first-order valence-electron chi connectivity index (χ1n) is 31.2. The van der Waals surface area contributed by atoms with Gasteiger partial charge in [0, 0.05) is 6.42 Å². The molecule has 0 bridgehead atoms. The molecule has 1 rings (SSSR count). The Hall–Kier alpha value is -1.42. The topological polar surface area (TPSA) is 192 Å². The molecule has 0 aromatic heterocycles. The fraction of sp³-hybridized carbons (Fsp3) is 0.918. The van der Waals surface area contributed by atoms with Crippen LogP contribution in [0.5, 0.6) is 0 Å². The molecule has 1 aliphatic heterocycles. The average Bonchev–Trinajstić information content (AvgIpc) is 3.38. The van der Waals surface area contributed by atoms with Crippen LogP contribution in [-0.2, 0) is 28.9 Å². The molecule has 12 nitrogen and oxygen atoms in total. The molecule has 1 amide bonds. The van der Waals surface area contributed by atoms with E-state index in [1.54, 1.807) is 6.08 Å². The molecule has 6 N–H and O–H groups in total. The monoisotopic (exact) mass is 1070 g/mol. The van der Waals surface area contributed by atoms with E-state index >= 15 is 0 Å². The number of ether oxygens (including phenoxy) is 2. The first-order valence-corrected chi connectivity index (χ1v) is 32.6. The van der Waals surface area contributed by atoms with Crippen molar-refractivity contribution in [2.75, 3.05) is 13.2 Å². The van der Waals surface area contributed by atoms with E-state index in [-0.39, 0.29) is 18.9 Å². The van der Waals surface area contributed by atoms with Crippen LogP contribution in [0.15, 0.2) is 24.3 Å². The Balaban J connectivity index is 2.32. The fourth-order valence-electron chi connectivity index (χ4n) is 10.2. The van der Waals surface area contributed by atoms with Gasteiger partial charge in [0.1, 0.15) is 24.4 Å². The summed E-state index contributed by atoms with van der Waals surface area (Å²) in [6.07, 6.45) is 55.1. The van der Waals surface area contributed by atoms with Crippen molar-refractivity contribution in [1.29, 1.82) is 0 Å². The van der Waals surface area contributed by atoms with Crippen molar-refractivity contribution < 1.29 is 51.8 Å². The largest absolute Gasteiger partial charge is 0.397 e. The highest BCUT2D eigenvalue weighted by Gasteiger charge is 2.48. The van der Waals surface area contributed by atoms with Gasteiger partial charge in [-0.2, -0.15) is 8.42 Å². The second kappa shape index (κ2) is 51.0. The van der Waals surface area contributed by atoms with Crippen molar-refractivity contribution in [2.45, 2.75) is 346 Å². The number of rotatable bonds is 55. The zero-order valence-corrected chi connectivity index (χ0v) is 48.5. The quantitative estimate of drug-likeness (QED) is 0.0193. The molecule has 1 heterocycles. The number of hydrogen-bond acceptors (Lipinski definition) is 10. The molecule has 0 radical (unpaired) electrons. The lowest BCUT2D eigenvalue weighted by Crippen LogP contribution is -2.61. The Kier molecular flexibility index (Phi) is 48.7. The first kappa shape index (κ1) is 70.6. The van der Waals surface area contributed by atoms with E-state index in [4.69, 9.17) is 9.47 Å². The van der Waals surface area contributed by atoms with Crippen LogP contribution in [0.4, 0.5) is 0 Å². The molecule has 1 aliphatic rings. The molecule has 0 spiro atoms. The van der Waals surface area contributed by atoms with Crippen molar-refractivity contribution in [3.8, 4) is 0 Å². The lowest BCUT2D eigenvalue weighted by Gasteiger charge is -2.41. The van der Waals surface area contributed by atoms with E-state index < -0.39 is 59.9 Å². The maximum atomic E-state index is 13.2. The molecule has 438 valence electrons. The van der Waals surface area contributed by atoms with E-state index in [0.717, 1.165) is 38.5 Å². The number of hydrogen-bond donors (Lipinski definition) is 6. The molecule has 7 unspecified atom stereocenters. The van der Waals surface area contributed by atoms with Gasteiger partial charge < -0.3 is 35.2 Å². The molecule has 0 aromatic rings. The van der Waals surface area contributed by atoms with Crippen molar-refractivity contribution in [2.24, 2.45) is 0 Å². The molecular formula is C61H117NO11S. The van der Waals surface area contributed by atoms with E-state index in [2.05, 4.69) is 35.5 Å². The average molecular weight is 1070 g/mol. The Morgan fingerprint density at radius 3 is 1.22 bits per heavy atom. The van der Waals surface area contributed by atoms with E-state index in [0.29, 0.717) is 6.42 Å². The Labute approximate surface area is 454 Å². The van der Waals surface area contributed by atoms with E-state index in [1.807, 2.05) is 6.08 Å². The molecule has 0 aromatic carbocycles. The molecule has 1 fully saturated rings. The highest BCUT2D eigenvalue weighted by atomic mass is 32.3. The number of unbranched alkanes of at least 4 members (excludes halogenated alkanes) is 41. The molecular weight excluding hydrogens is 955 g/mol. The van der Waals surface area contributed by atoms with Crippen LogP contribution < -0.4 is 5.32 Å². The predicted octanol–water partition coefficient (Wildman–Crippen LogP) is 15.2. The van der Waals surface area contributed by atoms with Crippen LogP contribution in [0.2, 0.25) is 0 Å². The summed E-state index contributed by atoms with van der Waals surface area (Å²) in [6.45, 7) is 3.44. The summed E-state index contributed by atoms with van der Waals surface area (Å²) in [4.78, 5) is 13.2. The van der Waals surface area contributed by atoms with Crippen molar-refractivity contribution in [3.05, 3.63) is 24.3 Å². The van der Waals surface area contributed by atoms with Crippen LogP contribution in [-0.4, -0.2) is 95.4 Å². The second-order valence-corrected chi connectivity index (χ2v) is 23.0. The van der Waals surface area contributed by atoms with Gasteiger partial charge in [0.25, 0.3) is 0 Å². The summed E-state index contributed by atoms with van der Waals surface area (Å²) >= 11 is 0. The van der Waals surface area contributed by atoms with E-state index in [1.165, 1.54) is 238 Å². The standard InChI is InChI=1S/C61H117NO11S/c1-3-5-7-9-11-13-15-17-19-21-23-25-26-27-28-29-30-31-33-35-37-39-41-43-45-47-49-51-57(65)62-54(53-71-61-59(67)60(73-74(68,69)70)58(66)56(52-63)72-61)55(64)50-48-46-44-42-40-38-36-34-32-24-22-20-18-16-14-12-10-8-6-4-2/h27-28,48,50,54-56,58-61,63-64,66-67H,3-26,29-47,49,51-53H2,1-2H3,(H,62,65)(H,68,69,70)/b28-27-,50-48+. The normalized spacial score (nSPS) is 19.3. The number of nitrogens with one attached hydrogen (secondary N) is 1. The maximum Gasteiger partial charge on any atom is 0.397 e. The predicted molar refractivity (Wildman–Crippen MR) is 305 cm³/mol. The SMILES string of the molecule is CCCCCCCCCCCCCC/C=C\CCCCCCCCCCCCCC(=O)NC(COC1OC(CO)C(O)C(OS(=O)(=O)O)C1O)C(O)/C=C/CCCCCCCCCCCCCCCCCCCC. The third-order valence-corrected chi connectivity index (χ3v) is 15.4. The van der Waals surface area contributed by atoms with Gasteiger partial charge in [-0.15, -0.1) is 0 Å². The summed E-state index contributed by atoms with van der Waals surface area (Å²) in [6, 6.07) is -0.944. The van der Waals surface area contributed by atoms with Gasteiger partial charge in [-0.25, -0.2) is 4.18 Å². The van der Waals surface area contributed by atoms with Crippen LogP contribution in [0.3, 0.4) is 0 Å². The Morgan fingerprint density at radius 2 is 0.865 bits per heavy atom. The van der Waals surface area contributed by atoms with Crippen molar-refractivity contribution >= 4 is 16.3 Å². The number of allylic oxidation sites excluding steroid dienone is 3. The number of amides is 1. The highest BCUT2D eigenvalue weighted by molar-refractivity contribution is 7.80. The number of aliphatic hydroxyl groups is 4. The number of aliphatic hydroxyl groups excluding tert-OH is 4. The summed E-state index contributed by atoms with van der Waals surface area (Å²) in [5.41, 5.74) is 0. The van der Waals surface area contributed by atoms with E-state index in [9.17, 15) is 38.2 Å². The summed E-state index contributed by atoms with van der Waals surface area (Å²) < 4.78 is 47.9. The van der Waals surface area contributed by atoms with Crippen molar-refractivity contribution in [3.63, 3.8) is 0 Å². The van der Waals surface area contributed by atoms with Crippen LogP contribution in [0.1, 0.15) is 303 Å². The smallest absolute Gasteiger partial charge is 0.394 e. The molecule has 1 saturated heterocycles.